The van der Waals surface area contributed by atoms with Crippen molar-refractivity contribution in [3.63, 3.8) is 0 Å². The molecule has 0 saturated heterocycles. The predicted octanol–water partition coefficient (Wildman–Crippen LogP) is 10.3. The number of furan rings is 1. The van der Waals surface area contributed by atoms with Gasteiger partial charge in [-0.1, -0.05) is 146 Å². The normalized spacial score (nSPS) is 14.2. The summed E-state index contributed by atoms with van der Waals surface area (Å²) in [7, 11) is 0. The van der Waals surface area contributed by atoms with E-state index in [1.165, 1.54) is 21.9 Å². The van der Waals surface area contributed by atoms with Crippen LogP contribution in [0.1, 0.15) is 17.3 Å². The molecule has 49 heavy (non-hydrogen) atoms. The van der Waals surface area contributed by atoms with E-state index in [0.29, 0.717) is 0 Å². The molecule has 0 bridgehead atoms. The minimum Gasteiger partial charge on any atom is -0.455 e. The third-order valence-corrected chi connectivity index (χ3v) is 9.89. The summed E-state index contributed by atoms with van der Waals surface area (Å²) in [6.07, 6.45) is -0.332. The fourth-order valence-corrected chi connectivity index (χ4v) is 7.54. The molecule has 0 fully saturated rings. The molecule has 0 amide bonds. The van der Waals surface area contributed by atoms with Gasteiger partial charge in [-0.15, -0.1) is 0 Å². The molecule has 230 valence electrons. The first-order valence-electron chi connectivity index (χ1n) is 16.7. The second kappa shape index (κ2) is 11.1. The summed E-state index contributed by atoms with van der Waals surface area (Å²) in [4.78, 5) is 5.35. The van der Waals surface area contributed by atoms with E-state index in [9.17, 15) is 0 Å². The average Bonchev–Trinajstić information content (AvgIpc) is 3.57. The Bertz CT molecular complexity index is 2840. The molecule has 8 aromatic carbocycles. The van der Waals surface area contributed by atoms with Crippen LogP contribution in [-0.2, 0) is 0 Å². The average molecular weight is 627 g/mol. The molecule has 1 aromatic heterocycles. The monoisotopic (exact) mass is 626 g/mol. The Morgan fingerprint density at radius 1 is 0.490 bits per heavy atom. The van der Waals surface area contributed by atoms with E-state index in [0.717, 1.165) is 71.2 Å². The minimum absolute atomic E-state index is 0.332. The maximum absolute atomic E-state index is 6.75. The lowest BCUT2D eigenvalue weighted by molar-refractivity contribution is 0.636. The van der Waals surface area contributed by atoms with E-state index >= 15 is 0 Å². The number of hydrogen-bond acceptors (Lipinski definition) is 3. The highest BCUT2D eigenvalue weighted by atomic mass is 16.3. The Kier molecular flexibility index (Phi) is 6.25. The Balaban J connectivity index is 1.15. The molecular formula is C46H30N2O. The molecular weight excluding hydrogens is 597 g/mol. The van der Waals surface area contributed by atoms with Crippen molar-refractivity contribution in [3.05, 3.63) is 192 Å². The second-order valence-electron chi connectivity index (χ2n) is 12.7. The molecule has 0 saturated carbocycles. The number of fused-ring (bicyclic) bond motifs is 7. The number of benzene rings is 8. The molecule has 1 aliphatic rings. The zero-order valence-corrected chi connectivity index (χ0v) is 26.6. The number of nitrogens with one attached hydrogen (secondary N) is 1. The Morgan fingerprint density at radius 3 is 2.04 bits per heavy atom. The smallest absolute Gasteiger partial charge is 0.146 e. The number of hydrogen-bond donors (Lipinski definition) is 1. The van der Waals surface area contributed by atoms with Gasteiger partial charge < -0.3 is 9.73 Å². The Hall–Kier alpha value is -6.45. The summed E-state index contributed by atoms with van der Waals surface area (Å²) in [5.74, 6) is 0. The highest BCUT2D eigenvalue weighted by Crippen LogP contribution is 2.41. The number of para-hydroxylation sites is 1. The van der Waals surface area contributed by atoms with Gasteiger partial charge in [-0.2, -0.15) is 0 Å². The van der Waals surface area contributed by atoms with E-state index in [1.807, 2.05) is 0 Å². The first-order chi connectivity index (χ1) is 24.3. The third-order valence-electron chi connectivity index (χ3n) is 9.89. The van der Waals surface area contributed by atoms with Crippen LogP contribution in [0.3, 0.4) is 0 Å². The van der Waals surface area contributed by atoms with Gasteiger partial charge in [-0.3, -0.25) is 4.99 Å². The van der Waals surface area contributed by atoms with Gasteiger partial charge in [0.1, 0.15) is 17.3 Å². The van der Waals surface area contributed by atoms with Crippen molar-refractivity contribution in [1.82, 2.24) is 5.32 Å². The van der Waals surface area contributed by atoms with Crippen LogP contribution >= 0.6 is 0 Å². The summed E-state index contributed by atoms with van der Waals surface area (Å²) < 4.78 is 6.75. The fraction of sp³-hybridized carbons (Fsp3) is 0.0217. The predicted molar refractivity (Wildman–Crippen MR) is 202 cm³/mol. The molecule has 9 aromatic rings. The molecule has 0 radical (unpaired) electrons. The molecule has 1 aliphatic heterocycles. The lowest BCUT2D eigenvalue weighted by atomic mass is 9.95. The van der Waals surface area contributed by atoms with Crippen LogP contribution in [0.5, 0.6) is 0 Å². The number of nitrogens with zero attached hydrogens (tertiary/aromatic N) is 1. The summed E-state index contributed by atoms with van der Waals surface area (Å²) in [5, 5.41) is 12.9. The van der Waals surface area contributed by atoms with Gasteiger partial charge in [0.2, 0.25) is 0 Å². The van der Waals surface area contributed by atoms with Crippen LogP contribution in [0.25, 0.3) is 71.4 Å². The summed E-state index contributed by atoms with van der Waals surface area (Å²) in [6.45, 7) is 0. The highest BCUT2D eigenvalue weighted by molar-refractivity contribution is 6.16. The molecule has 1 atom stereocenters. The second-order valence-corrected chi connectivity index (χ2v) is 12.7. The molecule has 2 heterocycles. The third kappa shape index (κ3) is 4.55. The fourth-order valence-electron chi connectivity index (χ4n) is 7.54. The van der Waals surface area contributed by atoms with Crippen molar-refractivity contribution in [2.24, 2.45) is 4.99 Å². The van der Waals surface area contributed by atoms with Gasteiger partial charge in [-0.05, 0) is 68.2 Å². The standard InChI is InChI=1S/C46H30N2O/c1-2-11-29(12-3-1)34-27-40(43-39-26-25-31-14-5-7-17-37(31)45(39)49-42(43)28-34)46-47-41-20-9-8-18-38(41)44(48-46)33-23-21-32(22-24-33)36-19-10-15-30-13-4-6-16-35(30)36/h1-28,46,48H. The van der Waals surface area contributed by atoms with Crippen LogP contribution in [-0.4, -0.2) is 0 Å². The van der Waals surface area contributed by atoms with Crippen molar-refractivity contribution < 1.29 is 4.42 Å². The van der Waals surface area contributed by atoms with Crippen LogP contribution in [0.4, 0.5) is 0 Å². The molecule has 1 N–H and O–H groups in total. The van der Waals surface area contributed by atoms with Crippen LogP contribution in [0.2, 0.25) is 0 Å². The maximum Gasteiger partial charge on any atom is 0.146 e. The first-order valence-corrected chi connectivity index (χ1v) is 16.7. The Labute approximate surface area is 283 Å². The van der Waals surface area contributed by atoms with Gasteiger partial charge in [0, 0.05) is 26.9 Å². The van der Waals surface area contributed by atoms with Gasteiger partial charge in [0.25, 0.3) is 0 Å². The van der Waals surface area contributed by atoms with Crippen molar-refractivity contribution in [1.29, 1.82) is 0 Å². The van der Waals surface area contributed by atoms with Crippen molar-refractivity contribution in [2.45, 2.75) is 6.17 Å². The summed E-state index contributed by atoms with van der Waals surface area (Å²) in [5.41, 5.74) is 9.71. The lowest BCUT2D eigenvalue weighted by Crippen LogP contribution is -2.39. The van der Waals surface area contributed by atoms with Gasteiger partial charge in [0.15, 0.2) is 0 Å². The summed E-state index contributed by atoms with van der Waals surface area (Å²) >= 11 is 0. The highest BCUT2D eigenvalue weighted by Gasteiger charge is 2.24. The minimum atomic E-state index is -0.332. The zero-order chi connectivity index (χ0) is 32.3. The van der Waals surface area contributed by atoms with Crippen molar-refractivity contribution in [3.8, 4) is 22.3 Å². The number of rotatable bonds is 4. The van der Waals surface area contributed by atoms with Crippen LogP contribution < -0.4 is 15.9 Å². The van der Waals surface area contributed by atoms with E-state index < -0.39 is 0 Å². The first kappa shape index (κ1) is 27.6. The Morgan fingerprint density at radius 2 is 1.18 bits per heavy atom. The summed E-state index contributed by atoms with van der Waals surface area (Å²) in [6, 6.07) is 60.3. The van der Waals surface area contributed by atoms with E-state index in [-0.39, 0.29) is 6.17 Å². The van der Waals surface area contributed by atoms with E-state index in [4.69, 9.17) is 9.41 Å². The molecule has 10 rings (SSSR count). The van der Waals surface area contributed by atoms with Gasteiger partial charge >= 0.3 is 0 Å². The van der Waals surface area contributed by atoms with E-state index in [2.05, 4.69) is 175 Å². The molecule has 3 heteroatoms. The molecule has 3 nitrogen and oxygen atoms in total. The van der Waals surface area contributed by atoms with Crippen LogP contribution in [0, 0.1) is 0 Å². The zero-order valence-electron chi connectivity index (χ0n) is 26.6. The van der Waals surface area contributed by atoms with Crippen LogP contribution in [0.15, 0.2) is 179 Å². The SMILES string of the molecule is c1ccc(-c2cc(C3N=c4ccccc4=C(c4ccc(-c5cccc6ccccc56)cc4)N3)c3c(c2)oc2c4ccccc4ccc23)cc1. The topological polar surface area (TPSA) is 37.5 Å². The largest absolute Gasteiger partial charge is 0.455 e. The molecule has 0 spiro atoms. The van der Waals surface area contributed by atoms with Gasteiger partial charge in [0.05, 0.1) is 11.1 Å². The molecule has 1 unspecified atom stereocenters. The van der Waals surface area contributed by atoms with Crippen molar-refractivity contribution >= 4 is 49.2 Å². The molecule has 0 aliphatic carbocycles. The lowest BCUT2D eigenvalue weighted by Gasteiger charge is -2.24. The van der Waals surface area contributed by atoms with Crippen molar-refractivity contribution in [2.75, 3.05) is 0 Å². The quantitative estimate of drug-likeness (QED) is 0.211. The maximum atomic E-state index is 6.75. The van der Waals surface area contributed by atoms with Gasteiger partial charge in [-0.25, -0.2) is 0 Å². The van der Waals surface area contributed by atoms with E-state index in [1.54, 1.807) is 0 Å².